The Labute approximate surface area is 170 Å². The lowest BCUT2D eigenvalue weighted by atomic mass is 9.75. The molecule has 29 heavy (non-hydrogen) atoms. The van der Waals surface area contributed by atoms with Gasteiger partial charge in [0, 0.05) is 18.7 Å². The summed E-state index contributed by atoms with van der Waals surface area (Å²) in [5.74, 6) is -0.0760. The van der Waals surface area contributed by atoms with Crippen molar-refractivity contribution in [3.63, 3.8) is 0 Å². The summed E-state index contributed by atoms with van der Waals surface area (Å²) in [6.07, 6.45) is 1.72. The molecule has 0 aromatic heterocycles. The van der Waals surface area contributed by atoms with Gasteiger partial charge in [0.2, 0.25) is 0 Å². The second kappa shape index (κ2) is 9.07. The van der Waals surface area contributed by atoms with Crippen molar-refractivity contribution in [2.24, 2.45) is 5.41 Å². The number of benzene rings is 2. The lowest BCUT2D eigenvalue weighted by Gasteiger charge is -2.41. The number of ether oxygens (including phenoxy) is 2. The van der Waals surface area contributed by atoms with Gasteiger partial charge in [0.15, 0.2) is 0 Å². The molecule has 1 fully saturated rings. The summed E-state index contributed by atoms with van der Waals surface area (Å²) >= 11 is 0. The highest BCUT2D eigenvalue weighted by Gasteiger charge is 2.44. The van der Waals surface area contributed by atoms with Crippen LogP contribution in [0.3, 0.4) is 0 Å². The van der Waals surface area contributed by atoms with Crippen molar-refractivity contribution >= 4 is 11.9 Å². The van der Waals surface area contributed by atoms with Crippen molar-refractivity contribution in [2.45, 2.75) is 26.2 Å². The molecular weight excluding hydrogens is 373 g/mol. The van der Waals surface area contributed by atoms with E-state index < -0.39 is 5.41 Å². The van der Waals surface area contributed by atoms with Crippen LogP contribution in [0.25, 0.3) is 0 Å². The van der Waals surface area contributed by atoms with Crippen molar-refractivity contribution < 1.29 is 23.5 Å². The van der Waals surface area contributed by atoms with Gasteiger partial charge in [-0.3, -0.25) is 9.59 Å². The second-order valence-electron chi connectivity index (χ2n) is 7.36. The van der Waals surface area contributed by atoms with E-state index in [4.69, 9.17) is 9.47 Å². The van der Waals surface area contributed by atoms with Crippen LogP contribution >= 0.6 is 0 Å². The molecule has 1 saturated heterocycles. The molecule has 0 saturated carbocycles. The summed E-state index contributed by atoms with van der Waals surface area (Å²) in [5, 5.41) is 0. The minimum absolute atomic E-state index is 0.125. The van der Waals surface area contributed by atoms with Crippen molar-refractivity contribution in [2.75, 3.05) is 26.8 Å². The standard InChI is InChI=1S/C23H26FNO4/c1-3-29-22(27)23(15-17-5-9-19(24)10-6-17)13-4-14-25(16-23)21(26)18-7-11-20(28-2)12-8-18/h5-12H,3-4,13-16H2,1-2H3/t23-/m1/s1. The Morgan fingerprint density at radius 2 is 1.79 bits per heavy atom. The fraction of sp³-hybridized carbons (Fsp3) is 0.391. The first kappa shape index (κ1) is 20.8. The van der Waals surface area contributed by atoms with E-state index in [9.17, 15) is 14.0 Å². The molecule has 1 amide bonds. The molecule has 6 heteroatoms. The molecule has 0 aliphatic carbocycles. The van der Waals surface area contributed by atoms with Crippen LogP contribution in [0.2, 0.25) is 0 Å². The predicted molar refractivity (Wildman–Crippen MR) is 107 cm³/mol. The summed E-state index contributed by atoms with van der Waals surface area (Å²) in [6.45, 7) is 2.90. The molecule has 0 bridgehead atoms. The summed E-state index contributed by atoms with van der Waals surface area (Å²) < 4.78 is 23.8. The number of esters is 1. The molecule has 1 aliphatic rings. The Hall–Kier alpha value is -2.89. The summed E-state index contributed by atoms with van der Waals surface area (Å²) in [6, 6.07) is 13.1. The smallest absolute Gasteiger partial charge is 0.314 e. The number of carbonyl (C=O) groups excluding carboxylic acids is 2. The summed E-state index contributed by atoms with van der Waals surface area (Å²) in [5.41, 5.74) is 0.555. The average molecular weight is 399 g/mol. The zero-order valence-electron chi connectivity index (χ0n) is 16.8. The largest absolute Gasteiger partial charge is 0.497 e. The Balaban J connectivity index is 1.84. The van der Waals surface area contributed by atoms with E-state index >= 15 is 0 Å². The van der Waals surface area contributed by atoms with Gasteiger partial charge in [-0.1, -0.05) is 12.1 Å². The number of carbonyl (C=O) groups is 2. The van der Waals surface area contributed by atoms with Crippen LogP contribution in [0, 0.1) is 11.2 Å². The van der Waals surface area contributed by atoms with Crippen LogP contribution in [0.1, 0.15) is 35.7 Å². The van der Waals surface area contributed by atoms with Gasteiger partial charge in [-0.05, 0) is 68.1 Å². The molecule has 154 valence electrons. The average Bonchev–Trinajstić information content (AvgIpc) is 2.75. The first-order valence-corrected chi connectivity index (χ1v) is 9.82. The maximum absolute atomic E-state index is 13.3. The number of nitrogens with zero attached hydrogens (tertiary/aromatic N) is 1. The molecule has 0 unspecified atom stereocenters. The van der Waals surface area contributed by atoms with Gasteiger partial charge in [0.25, 0.3) is 5.91 Å². The number of rotatable bonds is 6. The van der Waals surface area contributed by atoms with Crippen LogP contribution in [-0.4, -0.2) is 43.6 Å². The van der Waals surface area contributed by atoms with Crippen molar-refractivity contribution in [1.82, 2.24) is 4.90 Å². The SMILES string of the molecule is CCOC(=O)[C@@]1(Cc2ccc(F)cc2)CCCN(C(=O)c2ccc(OC)cc2)C1. The summed E-state index contributed by atoms with van der Waals surface area (Å²) in [7, 11) is 1.57. The molecule has 5 nitrogen and oxygen atoms in total. The highest BCUT2D eigenvalue weighted by molar-refractivity contribution is 5.95. The molecule has 0 N–H and O–H groups in total. The second-order valence-corrected chi connectivity index (χ2v) is 7.36. The topological polar surface area (TPSA) is 55.8 Å². The predicted octanol–water partition coefficient (Wildman–Crippen LogP) is 3.86. The molecule has 0 spiro atoms. The molecule has 2 aromatic rings. The molecule has 1 aliphatic heterocycles. The lowest BCUT2D eigenvalue weighted by Crippen LogP contribution is -2.51. The highest BCUT2D eigenvalue weighted by atomic mass is 19.1. The van der Waals surface area contributed by atoms with E-state index in [2.05, 4.69) is 0 Å². The van der Waals surface area contributed by atoms with Crippen molar-refractivity contribution in [3.05, 3.63) is 65.5 Å². The van der Waals surface area contributed by atoms with E-state index in [1.807, 2.05) is 0 Å². The molecule has 3 rings (SSSR count). The third-order valence-corrected chi connectivity index (χ3v) is 5.37. The van der Waals surface area contributed by atoms with E-state index in [1.165, 1.54) is 12.1 Å². The number of piperidine rings is 1. The van der Waals surface area contributed by atoms with Crippen LogP contribution in [0.5, 0.6) is 5.75 Å². The number of hydrogen-bond donors (Lipinski definition) is 0. The van der Waals surface area contributed by atoms with Gasteiger partial charge in [0.1, 0.15) is 11.6 Å². The van der Waals surface area contributed by atoms with E-state index in [1.54, 1.807) is 55.3 Å². The number of hydrogen-bond acceptors (Lipinski definition) is 4. The molecule has 1 atom stereocenters. The molecule has 2 aromatic carbocycles. The van der Waals surface area contributed by atoms with E-state index in [0.717, 1.165) is 5.56 Å². The Morgan fingerprint density at radius 1 is 1.10 bits per heavy atom. The van der Waals surface area contributed by atoms with Gasteiger partial charge in [-0.2, -0.15) is 0 Å². The zero-order chi connectivity index (χ0) is 20.9. The minimum atomic E-state index is -0.839. The Morgan fingerprint density at radius 3 is 2.41 bits per heavy atom. The highest BCUT2D eigenvalue weighted by Crippen LogP contribution is 2.36. The molecule has 1 heterocycles. The van der Waals surface area contributed by atoms with Gasteiger partial charge in [-0.25, -0.2) is 4.39 Å². The monoisotopic (exact) mass is 399 g/mol. The molecule has 0 radical (unpaired) electrons. The quantitative estimate of drug-likeness (QED) is 0.692. The normalized spacial score (nSPS) is 18.9. The summed E-state index contributed by atoms with van der Waals surface area (Å²) in [4.78, 5) is 27.7. The van der Waals surface area contributed by atoms with Gasteiger partial charge in [0.05, 0.1) is 19.1 Å². The minimum Gasteiger partial charge on any atom is -0.497 e. The van der Waals surface area contributed by atoms with Gasteiger partial charge < -0.3 is 14.4 Å². The van der Waals surface area contributed by atoms with Gasteiger partial charge >= 0.3 is 5.97 Å². The first-order valence-electron chi connectivity index (χ1n) is 9.82. The van der Waals surface area contributed by atoms with E-state index in [-0.39, 0.29) is 30.8 Å². The van der Waals surface area contributed by atoms with Crippen LogP contribution in [-0.2, 0) is 16.0 Å². The van der Waals surface area contributed by atoms with Crippen molar-refractivity contribution in [3.8, 4) is 5.75 Å². The number of methoxy groups -OCH3 is 1. The maximum Gasteiger partial charge on any atom is 0.314 e. The maximum atomic E-state index is 13.3. The van der Waals surface area contributed by atoms with Gasteiger partial charge in [-0.15, -0.1) is 0 Å². The fourth-order valence-electron chi connectivity index (χ4n) is 3.88. The third kappa shape index (κ3) is 4.75. The first-order chi connectivity index (χ1) is 14.0. The molecular formula is C23H26FNO4. The lowest BCUT2D eigenvalue weighted by molar-refractivity contribution is -0.158. The third-order valence-electron chi connectivity index (χ3n) is 5.37. The van der Waals surface area contributed by atoms with Crippen LogP contribution in [0.4, 0.5) is 4.39 Å². The Bertz CT molecular complexity index is 850. The van der Waals surface area contributed by atoms with Crippen LogP contribution < -0.4 is 4.74 Å². The number of halogens is 1. The Kier molecular flexibility index (Phi) is 6.52. The fourth-order valence-corrected chi connectivity index (χ4v) is 3.88. The van der Waals surface area contributed by atoms with Crippen molar-refractivity contribution in [1.29, 1.82) is 0 Å². The zero-order valence-corrected chi connectivity index (χ0v) is 16.8. The number of likely N-dealkylation sites (tertiary alicyclic amines) is 1. The van der Waals surface area contributed by atoms with Crippen LogP contribution in [0.15, 0.2) is 48.5 Å². The van der Waals surface area contributed by atoms with E-state index in [0.29, 0.717) is 37.1 Å². The number of amides is 1.